The fourth-order valence-corrected chi connectivity index (χ4v) is 7.25. The molecule has 15 heteroatoms. The first kappa shape index (κ1) is 32.9. The second kappa shape index (κ2) is 13.6. The van der Waals surface area contributed by atoms with Gasteiger partial charge in [0.25, 0.3) is 0 Å². The highest BCUT2D eigenvalue weighted by Crippen LogP contribution is 2.51. The number of imidazole rings is 1. The van der Waals surface area contributed by atoms with Crippen LogP contribution in [0.25, 0.3) is 11.2 Å². The van der Waals surface area contributed by atoms with Crippen LogP contribution in [0, 0.1) is 16.7 Å². The smallest absolute Gasteiger partial charge is 0.330 e. The molecular formula is C25H39FN5O6PS2. The summed E-state index contributed by atoms with van der Waals surface area (Å²) >= 11 is 2.21. The van der Waals surface area contributed by atoms with E-state index in [1.807, 2.05) is 41.5 Å². The van der Waals surface area contributed by atoms with E-state index in [0.717, 1.165) is 23.5 Å². The molecule has 11 nitrogen and oxygen atoms in total. The Morgan fingerprint density at radius 2 is 1.65 bits per heavy atom. The van der Waals surface area contributed by atoms with Crippen molar-refractivity contribution >= 4 is 58.3 Å². The molecule has 0 unspecified atom stereocenters. The third kappa shape index (κ3) is 8.72. The van der Waals surface area contributed by atoms with Crippen LogP contribution in [0.3, 0.4) is 0 Å². The van der Waals surface area contributed by atoms with Crippen molar-refractivity contribution in [1.82, 2.24) is 19.5 Å². The highest BCUT2D eigenvalue weighted by Gasteiger charge is 2.41. The molecule has 224 valence electrons. The molecule has 0 spiro atoms. The number of fused-ring (bicyclic) bond motifs is 1. The second-order valence-corrected chi connectivity index (χ2v) is 15.9. The number of halogens is 1. The third-order valence-electron chi connectivity index (χ3n) is 6.07. The number of ether oxygens (including phenoxy) is 1. The first-order chi connectivity index (χ1) is 18.6. The summed E-state index contributed by atoms with van der Waals surface area (Å²) in [4.78, 5) is 36.6. The van der Waals surface area contributed by atoms with Crippen molar-refractivity contribution in [3.63, 3.8) is 0 Å². The Morgan fingerprint density at radius 1 is 1.07 bits per heavy atom. The van der Waals surface area contributed by atoms with E-state index in [1.54, 1.807) is 0 Å². The van der Waals surface area contributed by atoms with Crippen LogP contribution in [0.2, 0.25) is 0 Å². The van der Waals surface area contributed by atoms with Gasteiger partial charge in [-0.1, -0.05) is 65.1 Å². The van der Waals surface area contributed by atoms with Crippen molar-refractivity contribution in [3.8, 4) is 0 Å². The average molecular weight is 620 g/mol. The molecule has 0 aliphatic carbocycles. The highest BCUT2D eigenvalue weighted by atomic mass is 32.2. The van der Waals surface area contributed by atoms with E-state index >= 15 is 4.39 Å². The predicted octanol–water partition coefficient (Wildman–Crippen LogP) is 5.12. The summed E-state index contributed by atoms with van der Waals surface area (Å²) in [6, 6.07) is 0. The summed E-state index contributed by atoms with van der Waals surface area (Å²) in [5, 5.41) is -0.00479. The molecule has 2 N–H and O–H groups in total. The Labute approximate surface area is 242 Å². The van der Waals surface area contributed by atoms with E-state index in [-0.39, 0.29) is 48.5 Å². The van der Waals surface area contributed by atoms with Crippen LogP contribution < -0.4 is 5.73 Å². The number of alkyl halides is 1. The summed E-state index contributed by atoms with van der Waals surface area (Å²) < 4.78 is 47.8. The van der Waals surface area contributed by atoms with Crippen molar-refractivity contribution < 1.29 is 32.3 Å². The summed E-state index contributed by atoms with van der Waals surface area (Å²) in [5.74, 6) is 0.226. The van der Waals surface area contributed by atoms with Crippen LogP contribution in [-0.4, -0.2) is 73.4 Å². The van der Waals surface area contributed by atoms with Gasteiger partial charge in [0.2, 0.25) is 0 Å². The van der Waals surface area contributed by atoms with Gasteiger partial charge in [0.1, 0.15) is 11.8 Å². The van der Waals surface area contributed by atoms with Gasteiger partial charge in [0.05, 0.1) is 32.3 Å². The number of rotatable bonds is 12. The topological polar surface area (TPSA) is 149 Å². The Kier molecular flexibility index (Phi) is 11.2. The number of anilines is 1. The van der Waals surface area contributed by atoms with Gasteiger partial charge in [-0.15, -0.1) is 0 Å². The molecule has 3 heterocycles. The molecule has 0 bridgehead atoms. The minimum Gasteiger partial charge on any atom is -0.382 e. The highest BCUT2D eigenvalue weighted by molar-refractivity contribution is 8.14. The summed E-state index contributed by atoms with van der Waals surface area (Å²) in [6.07, 6.45) is 0.442. The zero-order valence-electron chi connectivity index (χ0n) is 23.8. The zero-order valence-corrected chi connectivity index (χ0v) is 26.3. The number of thioether (sulfide) groups is 2. The largest absolute Gasteiger partial charge is 0.382 e. The fourth-order valence-electron chi connectivity index (χ4n) is 3.72. The van der Waals surface area contributed by atoms with Crippen molar-refractivity contribution in [2.75, 3.05) is 43.2 Å². The lowest BCUT2D eigenvalue weighted by molar-refractivity contribution is -0.118. The Morgan fingerprint density at radius 3 is 2.20 bits per heavy atom. The number of hydrogen-bond donors (Lipinski definition) is 1. The van der Waals surface area contributed by atoms with Crippen LogP contribution >= 0.6 is 31.1 Å². The van der Waals surface area contributed by atoms with Crippen LogP contribution in [-0.2, 0) is 27.9 Å². The number of carbonyl (C=O) groups excluding carboxylic acids is 2. The van der Waals surface area contributed by atoms with Gasteiger partial charge in [-0.2, -0.15) is 0 Å². The van der Waals surface area contributed by atoms with Gasteiger partial charge < -0.3 is 19.5 Å². The van der Waals surface area contributed by atoms with Crippen molar-refractivity contribution in [3.05, 3.63) is 12.7 Å². The van der Waals surface area contributed by atoms with Gasteiger partial charge in [0.15, 0.2) is 34.1 Å². The maximum absolute atomic E-state index is 15.5. The van der Waals surface area contributed by atoms with Crippen LogP contribution in [0.5, 0.6) is 0 Å². The summed E-state index contributed by atoms with van der Waals surface area (Å²) in [7, 11) is -3.65. The Hall–Kier alpha value is -1.57. The Balaban J connectivity index is 1.60. The number of nitrogens with zero attached hydrogens (tertiary/aromatic N) is 4. The molecule has 0 radical (unpaired) electrons. The van der Waals surface area contributed by atoms with Crippen LogP contribution in [0.15, 0.2) is 12.7 Å². The second-order valence-electron chi connectivity index (χ2n) is 11.6. The monoisotopic (exact) mass is 619 g/mol. The molecule has 40 heavy (non-hydrogen) atoms. The van der Waals surface area contributed by atoms with Crippen molar-refractivity contribution in [2.45, 2.75) is 60.4 Å². The first-order valence-electron chi connectivity index (χ1n) is 13.0. The molecule has 1 aliphatic heterocycles. The lowest BCUT2D eigenvalue weighted by atomic mass is 9.99. The summed E-state index contributed by atoms with van der Waals surface area (Å²) in [5.41, 5.74) is 5.55. The lowest BCUT2D eigenvalue weighted by Crippen LogP contribution is -2.22. The average Bonchev–Trinajstić information content (AvgIpc) is 3.45. The van der Waals surface area contributed by atoms with Gasteiger partial charge in [0, 0.05) is 28.3 Å². The molecule has 3 atom stereocenters. The van der Waals surface area contributed by atoms with E-state index in [1.165, 1.54) is 17.2 Å². The van der Waals surface area contributed by atoms with Crippen molar-refractivity contribution in [1.29, 1.82) is 0 Å². The molecule has 1 saturated heterocycles. The van der Waals surface area contributed by atoms with Crippen LogP contribution in [0.4, 0.5) is 10.2 Å². The van der Waals surface area contributed by atoms with Crippen molar-refractivity contribution in [2.24, 2.45) is 16.7 Å². The SMILES string of the molecule is CC(C)(C)C(=O)SCCOP(=O)(CC[C@H]1CO[C@@H](n2cnc3c(N)ncnc32)[C@@H]1F)OCCSC(=O)C(C)(C)C. The Bertz CT molecular complexity index is 1200. The van der Waals surface area contributed by atoms with E-state index in [0.29, 0.717) is 22.7 Å². The number of hydrogen-bond acceptors (Lipinski definition) is 12. The fraction of sp³-hybridized carbons (Fsp3) is 0.720. The van der Waals surface area contributed by atoms with E-state index < -0.39 is 36.7 Å². The normalized spacial score (nSPS) is 20.3. The molecular weight excluding hydrogens is 580 g/mol. The minimum atomic E-state index is -3.65. The molecule has 1 aliphatic rings. The van der Waals surface area contributed by atoms with Gasteiger partial charge in [-0.05, 0) is 6.42 Å². The molecule has 2 aromatic rings. The van der Waals surface area contributed by atoms with Gasteiger partial charge >= 0.3 is 7.60 Å². The van der Waals surface area contributed by atoms with E-state index in [9.17, 15) is 14.2 Å². The zero-order chi connectivity index (χ0) is 29.7. The first-order valence-corrected chi connectivity index (χ1v) is 16.7. The van der Waals surface area contributed by atoms with Gasteiger partial charge in [-0.25, -0.2) is 19.3 Å². The molecule has 0 aromatic carbocycles. The maximum atomic E-state index is 15.5. The predicted molar refractivity (Wildman–Crippen MR) is 156 cm³/mol. The maximum Gasteiger partial charge on any atom is 0.330 e. The van der Waals surface area contributed by atoms with Gasteiger partial charge in [-0.3, -0.25) is 18.7 Å². The molecule has 3 rings (SSSR count). The number of nitrogen functional groups attached to an aromatic ring is 1. The summed E-state index contributed by atoms with van der Waals surface area (Å²) in [6.45, 7) is 11.1. The number of aromatic nitrogens is 4. The molecule has 1 fully saturated rings. The number of carbonyl (C=O) groups is 2. The molecule has 0 amide bonds. The molecule has 2 aromatic heterocycles. The minimum absolute atomic E-state index is 0.00239. The third-order valence-corrected chi connectivity index (χ3v) is 10.5. The van der Waals surface area contributed by atoms with E-state index in [4.69, 9.17) is 19.5 Å². The quantitative estimate of drug-likeness (QED) is 0.248. The van der Waals surface area contributed by atoms with E-state index in [2.05, 4.69) is 15.0 Å². The van der Waals surface area contributed by atoms with Crippen LogP contribution in [0.1, 0.15) is 54.2 Å². The standard InChI is InChI=1S/C25H39FN5O6PS2/c1-24(2,3)22(32)39-11-8-36-38(34,37-9-12-40-23(33)25(4,5)6)10-7-16-13-35-21(17(16)26)31-15-30-18-19(27)28-14-29-20(18)31/h14-17,21H,7-13H2,1-6H3,(H2,27,28,29)/t16-,17+,21+/m0/s1. The lowest BCUT2D eigenvalue weighted by Gasteiger charge is -2.22. The number of nitrogens with two attached hydrogens (primary N) is 1. The molecule has 0 saturated carbocycles.